The summed E-state index contributed by atoms with van der Waals surface area (Å²) < 4.78 is 0. The molecule has 0 N–H and O–H groups in total. The Morgan fingerprint density at radius 2 is 1.35 bits per heavy atom. The summed E-state index contributed by atoms with van der Waals surface area (Å²) in [7, 11) is 0. The summed E-state index contributed by atoms with van der Waals surface area (Å²) in [5, 5.41) is 0. The molecule has 0 aromatic rings. The number of urea groups is 1. The zero-order valence-corrected chi connectivity index (χ0v) is 13.4. The Morgan fingerprint density at radius 1 is 0.900 bits per heavy atom. The maximum atomic E-state index is 12.8. The van der Waals surface area contributed by atoms with Crippen molar-refractivity contribution >= 4 is 17.8 Å². The van der Waals surface area contributed by atoms with E-state index < -0.39 is 11.4 Å². The van der Waals surface area contributed by atoms with Gasteiger partial charge in [-0.05, 0) is 40.0 Å². The standard InChI is InChI=1S/C15H26N2O3/c1-7-11(6)17-13(19)15(8-2,9-3)12(18)16(10(4)5)14(17)20/h10-11H,7-9H2,1-6H3. The molecule has 5 heteroatoms. The Hall–Kier alpha value is -1.39. The van der Waals surface area contributed by atoms with Crippen LogP contribution < -0.4 is 0 Å². The van der Waals surface area contributed by atoms with Crippen molar-refractivity contribution in [2.75, 3.05) is 0 Å². The Labute approximate surface area is 121 Å². The normalized spacial score (nSPS) is 20.9. The largest absolute Gasteiger partial charge is 0.333 e. The fourth-order valence-corrected chi connectivity index (χ4v) is 2.72. The van der Waals surface area contributed by atoms with E-state index in [2.05, 4.69) is 0 Å². The number of carbonyl (C=O) groups is 3. The second kappa shape index (κ2) is 5.94. The van der Waals surface area contributed by atoms with Gasteiger partial charge in [0.2, 0.25) is 11.8 Å². The molecule has 0 saturated carbocycles. The molecule has 0 bridgehead atoms. The SMILES string of the molecule is CCC(C)N1C(=O)N(C(C)C)C(=O)C(CC)(CC)C1=O. The van der Waals surface area contributed by atoms with E-state index in [1.165, 1.54) is 9.80 Å². The minimum Gasteiger partial charge on any atom is -0.273 e. The molecule has 4 amide bonds. The first-order valence-electron chi connectivity index (χ1n) is 7.49. The molecule has 1 heterocycles. The molecule has 0 radical (unpaired) electrons. The van der Waals surface area contributed by atoms with Crippen molar-refractivity contribution in [3.8, 4) is 0 Å². The molecule has 20 heavy (non-hydrogen) atoms. The second-order valence-electron chi connectivity index (χ2n) is 5.77. The van der Waals surface area contributed by atoms with Crippen LogP contribution in [-0.2, 0) is 9.59 Å². The molecule has 1 fully saturated rings. The summed E-state index contributed by atoms with van der Waals surface area (Å²) in [5.74, 6) is -0.671. The minimum absolute atomic E-state index is 0.193. The number of carbonyl (C=O) groups excluding carboxylic acids is 3. The Bertz CT molecular complexity index is 413. The van der Waals surface area contributed by atoms with E-state index in [9.17, 15) is 14.4 Å². The third-order valence-corrected chi connectivity index (χ3v) is 4.42. The van der Waals surface area contributed by atoms with Crippen molar-refractivity contribution in [3.63, 3.8) is 0 Å². The summed E-state index contributed by atoms with van der Waals surface area (Å²) in [6.45, 7) is 11.1. The number of hydrogen-bond acceptors (Lipinski definition) is 3. The van der Waals surface area contributed by atoms with Crippen LogP contribution in [0.4, 0.5) is 4.79 Å². The highest BCUT2D eigenvalue weighted by Crippen LogP contribution is 2.37. The van der Waals surface area contributed by atoms with Crippen LogP contribution in [0.25, 0.3) is 0 Å². The van der Waals surface area contributed by atoms with Gasteiger partial charge in [-0.15, -0.1) is 0 Å². The summed E-state index contributed by atoms with van der Waals surface area (Å²) in [4.78, 5) is 40.5. The lowest BCUT2D eigenvalue weighted by Crippen LogP contribution is -2.67. The Balaban J connectivity index is 3.40. The summed E-state index contributed by atoms with van der Waals surface area (Å²) >= 11 is 0. The van der Waals surface area contributed by atoms with Gasteiger partial charge in [-0.1, -0.05) is 20.8 Å². The minimum atomic E-state index is -1.08. The molecule has 1 atom stereocenters. The van der Waals surface area contributed by atoms with Gasteiger partial charge in [0.15, 0.2) is 0 Å². The quantitative estimate of drug-likeness (QED) is 0.729. The highest BCUT2D eigenvalue weighted by atomic mass is 16.2. The van der Waals surface area contributed by atoms with Crippen molar-refractivity contribution in [2.45, 2.75) is 72.9 Å². The van der Waals surface area contributed by atoms with Gasteiger partial charge < -0.3 is 0 Å². The molecule has 114 valence electrons. The fraction of sp³-hybridized carbons (Fsp3) is 0.800. The smallest absolute Gasteiger partial charge is 0.273 e. The van der Waals surface area contributed by atoms with Crippen LogP contribution in [0.5, 0.6) is 0 Å². The lowest BCUT2D eigenvalue weighted by Gasteiger charge is -2.46. The molecule has 1 rings (SSSR count). The molecule has 1 unspecified atom stereocenters. The first-order chi connectivity index (χ1) is 9.28. The van der Waals surface area contributed by atoms with Crippen LogP contribution in [0.15, 0.2) is 0 Å². The van der Waals surface area contributed by atoms with E-state index in [-0.39, 0.29) is 23.9 Å². The lowest BCUT2D eigenvalue weighted by atomic mass is 9.77. The molecule has 1 saturated heterocycles. The predicted octanol–water partition coefficient (Wildman–Crippen LogP) is 2.79. The highest BCUT2D eigenvalue weighted by molar-refractivity contribution is 6.19. The zero-order valence-electron chi connectivity index (χ0n) is 13.4. The maximum Gasteiger partial charge on any atom is 0.333 e. The van der Waals surface area contributed by atoms with Crippen molar-refractivity contribution in [1.82, 2.24) is 9.80 Å². The molecule has 0 aromatic heterocycles. The Kier molecular flexibility index (Phi) is 4.95. The number of barbiturate groups is 1. The summed E-state index contributed by atoms with van der Waals surface area (Å²) in [5.41, 5.74) is -1.08. The average molecular weight is 282 g/mol. The molecule has 5 nitrogen and oxygen atoms in total. The first kappa shape index (κ1) is 16.7. The van der Waals surface area contributed by atoms with Gasteiger partial charge in [-0.25, -0.2) is 4.79 Å². The average Bonchev–Trinajstić information content (AvgIpc) is 2.39. The monoisotopic (exact) mass is 282 g/mol. The van der Waals surface area contributed by atoms with Crippen molar-refractivity contribution in [2.24, 2.45) is 5.41 Å². The van der Waals surface area contributed by atoms with Crippen molar-refractivity contribution in [1.29, 1.82) is 0 Å². The fourth-order valence-electron chi connectivity index (χ4n) is 2.72. The van der Waals surface area contributed by atoms with Crippen LogP contribution in [0, 0.1) is 5.41 Å². The Morgan fingerprint density at radius 3 is 1.70 bits per heavy atom. The topological polar surface area (TPSA) is 57.7 Å². The predicted molar refractivity (Wildman–Crippen MR) is 77.0 cm³/mol. The van der Waals surface area contributed by atoms with Crippen LogP contribution >= 0.6 is 0 Å². The summed E-state index contributed by atoms with van der Waals surface area (Å²) in [6, 6.07) is -0.907. The van der Waals surface area contributed by atoms with Crippen LogP contribution in [0.3, 0.4) is 0 Å². The van der Waals surface area contributed by atoms with E-state index >= 15 is 0 Å². The summed E-state index contributed by atoms with van der Waals surface area (Å²) in [6.07, 6.45) is 1.52. The first-order valence-corrected chi connectivity index (χ1v) is 7.49. The molecule has 0 aliphatic carbocycles. The van der Waals surface area contributed by atoms with E-state index in [4.69, 9.17) is 0 Å². The van der Waals surface area contributed by atoms with Gasteiger partial charge in [-0.3, -0.25) is 19.4 Å². The van der Waals surface area contributed by atoms with Gasteiger partial charge >= 0.3 is 6.03 Å². The number of amides is 4. The van der Waals surface area contributed by atoms with Gasteiger partial charge in [-0.2, -0.15) is 0 Å². The van der Waals surface area contributed by atoms with Gasteiger partial charge in [0.25, 0.3) is 0 Å². The third kappa shape index (κ3) is 2.23. The number of hydrogen-bond donors (Lipinski definition) is 0. The second-order valence-corrected chi connectivity index (χ2v) is 5.77. The van der Waals surface area contributed by atoms with Crippen molar-refractivity contribution in [3.05, 3.63) is 0 Å². The van der Waals surface area contributed by atoms with Crippen LogP contribution in [0.1, 0.15) is 60.8 Å². The molecule has 1 aliphatic heterocycles. The van der Waals surface area contributed by atoms with E-state index in [0.717, 1.165) is 0 Å². The van der Waals surface area contributed by atoms with Gasteiger partial charge in [0, 0.05) is 12.1 Å². The number of nitrogens with zero attached hydrogens (tertiary/aromatic N) is 2. The van der Waals surface area contributed by atoms with Crippen molar-refractivity contribution < 1.29 is 14.4 Å². The maximum absolute atomic E-state index is 12.8. The third-order valence-electron chi connectivity index (χ3n) is 4.42. The highest BCUT2D eigenvalue weighted by Gasteiger charge is 2.56. The van der Waals surface area contributed by atoms with Gasteiger partial charge in [0.05, 0.1) is 0 Å². The molecular formula is C15H26N2O3. The lowest BCUT2D eigenvalue weighted by molar-refractivity contribution is -0.162. The van der Waals surface area contributed by atoms with Gasteiger partial charge in [0.1, 0.15) is 5.41 Å². The molecular weight excluding hydrogens is 256 g/mol. The van der Waals surface area contributed by atoms with Crippen LogP contribution in [0.2, 0.25) is 0 Å². The molecule has 1 aliphatic rings. The molecule has 0 aromatic carbocycles. The van der Waals surface area contributed by atoms with E-state index in [1.807, 2.05) is 27.7 Å². The van der Waals surface area contributed by atoms with E-state index in [0.29, 0.717) is 19.3 Å². The zero-order chi connectivity index (χ0) is 15.7. The number of rotatable bonds is 5. The molecule has 0 spiro atoms. The van der Waals surface area contributed by atoms with Crippen LogP contribution in [-0.4, -0.2) is 39.7 Å². The van der Waals surface area contributed by atoms with E-state index in [1.54, 1.807) is 13.8 Å². The number of imide groups is 2.